The van der Waals surface area contributed by atoms with Crippen molar-refractivity contribution in [1.29, 1.82) is 5.26 Å². The lowest BCUT2D eigenvalue weighted by Crippen LogP contribution is -2.37. The van der Waals surface area contributed by atoms with Crippen molar-refractivity contribution in [1.82, 2.24) is 4.31 Å². The average molecular weight is 317 g/mol. The van der Waals surface area contributed by atoms with E-state index < -0.39 is 10.0 Å². The third kappa shape index (κ3) is 2.90. The summed E-state index contributed by atoms with van der Waals surface area (Å²) in [7, 11) is -2.08. The molecule has 102 valence electrons. The summed E-state index contributed by atoms with van der Waals surface area (Å²) in [6, 6.07) is 6.21. The molecule has 1 aliphatic rings. The zero-order valence-electron chi connectivity index (χ0n) is 10.3. The minimum atomic E-state index is -3.65. The van der Waals surface area contributed by atoms with Crippen LogP contribution in [-0.2, 0) is 10.0 Å². The Labute approximate surface area is 122 Å². The van der Waals surface area contributed by atoms with Crippen LogP contribution in [0, 0.1) is 11.3 Å². The lowest BCUT2D eigenvalue weighted by atomic mass is 10.2. The zero-order valence-corrected chi connectivity index (χ0v) is 12.7. The molecule has 1 aromatic rings. The van der Waals surface area contributed by atoms with E-state index in [2.05, 4.69) is 0 Å². The molecule has 0 saturated carbocycles. The Hall–Kier alpha value is -0.740. The summed E-state index contributed by atoms with van der Waals surface area (Å²) < 4.78 is 26.4. The van der Waals surface area contributed by atoms with Crippen LogP contribution in [0.15, 0.2) is 23.1 Å². The second kappa shape index (κ2) is 5.71. The van der Waals surface area contributed by atoms with Gasteiger partial charge in [0, 0.05) is 18.8 Å². The second-order valence-corrected chi connectivity index (χ2v) is 7.82. The Morgan fingerprint density at radius 1 is 1.53 bits per heavy atom. The minimum Gasteiger partial charge on any atom is -0.207 e. The van der Waals surface area contributed by atoms with Crippen molar-refractivity contribution in [3.63, 3.8) is 0 Å². The van der Waals surface area contributed by atoms with Gasteiger partial charge in [-0.2, -0.15) is 21.3 Å². The quantitative estimate of drug-likeness (QED) is 0.858. The van der Waals surface area contributed by atoms with E-state index in [1.165, 1.54) is 22.5 Å². The molecule has 1 aliphatic heterocycles. The number of rotatable bonds is 3. The van der Waals surface area contributed by atoms with Gasteiger partial charge in [0.05, 0.1) is 16.7 Å². The van der Waals surface area contributed by atoms with Gasteiger partial charge in [-0.1, -0.05) is 11.6 Å². The van der Waals surface area contributed by atoms with E-state index in [1.54, 1.807) is 18.8 Å². The Morgan fingerprint density at radius 3 is 2.84 bits per heavy atom. The number of benzene rings is 1. The molecule has 0 aliphatic carbocycles. The Kier molecular flexibility index (Phi) is 4.41. The van der Waals surface area contributed by atoms with Gasteiger partial charge in [0.1, 0.15) is 4.90 Å². The molecule has 1 atom stereocenters. The van der Waals surface area contributed by atoms with Crippen LogP contribution in [-0.4, -0.2) is 37.3 Å². The third-order valence-corrected chi connectivity index (χ3v) is 6.67. The highest BCUT2D eigenvalue weighted by Crippen LogP contribution is 2.30. The lowest BCUT2D eigenvalue weighted by molar-refractivity contribution is 0.394. The number of halogens is 1. The number of nitrogens with zero attached hydrogens (tertiary/aromatic N) is 2. The summed E-state index contributed by atoms with van der Waals surface area (Å²) in [5.41, 5.74) is 0.289. The average Bonchev–Trinajstić information content (AvgIpc) is 2.92. The van der Waals surface area contributed by atoms with Crippen molar-refractivity contribution in [3.8, 4) is 6.07 Å². The third-order valence-electron chi connectivity index (χ3n) is 3.14. The lowest BCUT2D eigenvalue weighted by Gasteiger charge is -2.23. The van der Waals surface area contributed by atoms with Crippen molar-refractivity contribution in [2.45, 2.75) is 17.4 Å². The highest BCUT2D eigenvalue weighted by atomic mass is 35.5. The summed E-state index contributed by atoms with van der Waals surface area (Å²) in [6.07, 6.45) is 0.843. The number of sulfonamides is 1. The molecular weight excluding hydrogens is 304 g/mol. The fourth-order valence-electron chi connectivity index (χ4n) is 1.93. The van der Waals surface area contributed by atoms with Gasteiger partial charge in [0.25, 0.3) is 0 Å². The van der Waals surface area contributed by atoms with Crippen molar-refractivity contribution in [2.75, 3.05) is 18.6 Å². The number of nitriles is 1. The van der Waals surface area contributed by atoms with Crippen LogP contribution < -0.4 is 0 Å². The van der Waals surface area contributed by atoms with Crippen LogP contribution in [0.3, 0.4) is 0 Å². The number of hydrogen-bond acceptors (Lipinski definition) is 4. The molecule has 0 amide bonds. The first-order valence-corrected chi connectivity index (χ1v) is 8.69. The van der Waals surface area contributed by atoms with E-state index in [0.717, 1.165) is 17.9 Å². The molecule has 0 spiro atoms. The van der Waals surface area contributed by atoms with Gasteiger partial charge in [0.2, 0.25) is 10.0 Å². The highest BCUT2D eigenvalue weighted by Gasteiger charge is 2.31. The van der Waals surface area contributed by atoms with Gasteiger partial charge in [-0.3, -0.25) is 0 Å². The second-order valence-electron chi connectivity index (χ2n) is 4.30. The fourth-order valence-corrected chi connectivity index (χ4v) is 5.18. The summed E-state index contributed by atoms with van der Waals surface area (Å²) in [6.45, 7) is 0. The molecule has 2 rings (SSSR count). The fraction of sp³-hybridized carbons (Fsp3) is 0.417. The summed E-state index contributed by atoms with van der Waals surface area (Å²) in [5.74, 6) is 1.77. The molecule has 7 heteroatoms. The summed E-state index contributed by atoms with van der Waals surface area (Å²) in [4.78, 5) is 0.00705. The number of thioether (sulfide) groups is 1. The van der Waals surface area contributed by atoms with Gasteiger partial charge in [-0.25, -0.2) is 8.42 Å². The maximum absolute atomic E-state index is 12.5. The van der Waals surface area contributed by atoms with Crippen LogP contribution in [0.2, 0.25) is 5.02 Å². The molecule has 1 fully saturated rings. The Balaban J connectivity index is 2.41. The van der Waals surface area contributed by atoms with E-state index in [0.29, 0.717) is 0 Å². The van der Waals surface area contributed by atoms with E-state index >= 15 is 0 Å². The van der Waals surface area contributed by atoms with Crippen molar-refractivity contribution >= 4 is 33.4 Å². The summed E-state index contributed by atoms with van der Waals surface area (Å²) >= 11 is 7.71. The molecule has 1 heterocycles. The maximum atomic E-state index is 12.5. The molecule has 1 unspecified atom stereocenters. The van der Waals surface area contributed by atoms with E-state index in [1.807, 2.05) is 6.07 Å². The van der Waals surface area contributed by atoms with Crippen LogP contribution in [0.4, 0.5) is 0 Å². The standard InChI is InChI=1S/C12H13ClN2O2S2/c1-15(10-4-5-18-8-10)19(16,17)12-6-9(7-14)2-3-11(12)13/h2-3,6,10H,4-5,8H2,1H3. The van der Waals surface area contributed by atoms with Crippen molar-refractivity contribution in [3.05, 3.63) is 28.8 Å². The zero-order chi connectivity index (χ0) is 14.0. The van der Waals surface area contributed by atoms with Gasteiger partial charge in [-0.05, 0) is 30.4 Å². The molecular formula is C12H13ClN2O2S2. The smallest absolute Gasteiger partial charge is 0.207 e. The first kappa shape index (κ1) is 14.7. The molecule has 0 N–H and O–H groups in total. The molecule has 19 heavy (non-hydrogen) atoms. The molecule has 1 aromatic carbocycles. The first-order chi connectivity index (χ1) is 8.96. The van der Waals surface area contributed by atoms with Crippen LogP contribution >= 0.6 is 23.4 Å². The highest BCUT2D eigenvalue weighted by molar-refractivity contribution is 7.99. The van der Waals surface area contributed by atoms with Gasteiger partial charge < -0.3 is 0 Å². The van der Waals surface area contributed by atoms with Gasteiger partial charge in [-0.15, -0.1) is 0 Å². The topological polar surface area (TPSA) is 61.2 Å². The molecule has 1 saturated heterocycles. The van der Waals surface area contributed by atoms with Crippen molar-refractivity contribution < 1.29 is 8.42 Å². The van der Waals surface area contributed by atoms with Crippen LogP contribution in [0.1, 0.15) is 12.0 Å². The minimum absolute atomic E-state index is 0.00296. The van der Waals surface area contributed by atoms with Crippen molar-refractivity contribution in [2.24, 2.45) is 0 Å². The molecule has 4 nitrogen and oxygen atoms in total. The van der Waals surface area contributed by atoms with E-state index in [9.17, 15) is 8.42 Å². The molecule has 0 radical (unpaired) electrons. The van der Waals surface area contributed by atoms with Gasteiger partial charge >= 0.3 is 0 Å². The normalized spacial score (nSPS) is 19.6. The Bertz CT molecular complexity index is 619. The predicted molar refractivity (Wildman–Crippen MR) is 76.8 cm³/mol. The first-order valence-electron chi connectivity index (χ1n) is 5.72. The molecule has 0 bridgehead atoms. The predicted octanol–water partition coefficient (Wildman–Crippen LogP) is 2.34. The van der Waals surface area contributed by atoms with E-state index in [-0.39, 0.29) is 21.5 Å². The van der Waals surface area contributed by atoms with E-state index in [4.69, 9.17) is 16.9 Å². The van der Waals surface area contributed by atoms with Crippen LogP contribution in [0.5, 0.6) is 0 Å². The Morgan fingerprint density at radius 2 is 2.26 bits per heavy atom. The molecule has 0 aromatic heterocycles. The summed E-state index contributed by atoms with van der Waals surface area (Å²) in [5, 5.41) is 9.01. The number of hydrogen-bond donors (Lipinski definition) is 0. The monoisotopic (exact) mass is 316 g/mol. The maximum Gasteiger partial charge on any atom is 0.244 e. The SMILES string of the molecule is CN(C1CCSC1)S(=O)(=O)c1cc(C#N)ccc1Cl. The van der Waals surface area contributed by atoms with Gasteiger partial charge in [0.15, 0.2) is 0 Å². The largest absolute Gasteiger partial charge is 0.244 e. The van der Waals surface area contributed by atoms with Crippen LogP contribution in [0.25, 0.3) is 0 Å².